The molecule has 0 amide bonds. The summed E-state index contributed by atoms with van der Waals surface area (Å²) in [4.78, 5) is 25.0. The summed E-state index contributed by atoms with van der Waals surface area (Å²) < 4.78 is 0. The SMILES string of the molecule is Cc1ccccc1N1CCN(c2nc(-c3ccccc3)ncc2C(=O)O)CC1. The summed E-state index contributed by atoms with van der Waals surface area (Å²) in [6.45, 7) is 5.16. The minimum Gasteiger partial charge on any atom is -0.477 e. The van der Waals surface area contributed by atoms with Crippen LogP contribution in [-0.2, 0) is 0 Å². The Labute approximate surface area is 164 Å². The van der Waals surface area contributed by atoms with Crippen LogP contribution >= 0.6 is 0 Å². The summed E-state index contributed by atoms with van der Waals surface area (Å²) in [7, 11) is 0. The lowest BCUT2D eigenvalue weighted by atomic mass is 10.1. The third kappa shape index (κ3) is 3.53. The lowest BCUT2D eigenvalue weighted by Gasteiger charge is -2.37. The van der Waals surface area contributed by atoms with Gasteiger partial charge in [-0.3, -0.25) is 0 Å². The van der Waals surface area contributed by atoms with Crippen molar-refractivity contribution < 1.29 is 9.90 Å². The molecular weight excluding hydrogens is 352 g/mol. The number of aryl methyl sites for hydroxylation is 1. The third-order valence-corrected chi connectivity index (χ3v) is 5.07. The highest BCUT2D eigenvalue weighted by molar-refractivity contribution is 5.93. The predicted molar refractivity (Wildman–Crippen MR) is 110 cm³/mol. The molecule has 0 unspecified atom stereocenters. The molecule has 1 fully saturated rings. The quantitative estimate of drug-likeness (QED) is 0.754. The summed E-state index contributed by atoms with van der Waals surface area (Å²) in [5.74, 6) is 0.0312. The van der Waals surface area contributed by atoms with Crippen molar-refractivity contribution in [3.05, 3.63) is 71.9 Å². The molecule has 0 saturated carbocycles. The molecule has 3 aromatic rings. The first-order chi connectivity index (χ1) is 13.6. The van der Waals surface area contributed by atoms with Crippen LogP contribution in [0.4, 0.5) is 11.5 Å². The van der Waals surface area contributed by atoms with Crippen LogP contribution in [0.2, 0.25) is 0 Å². The van der Waals surface area contributed by atoms with Gasteiger partial charge >= 0.3 is 5.97 Å². The number of rotatable bonds is 4. The molecule has 0 spiro atoms. The molecule has 2 heterocycles. The number of benzene rings is 2. The zero-order valence-corrected chi connectivity index (χ0v) is 15.7. The molecule has 4 rings (SSSR count). The van der Waals surface area contributed by atoms with Crippen molar-refractivity contribution >= 4 is 17.5 Å². The molecule has 1 aliphatic rings. The molecule has 6 heteroatoms. The van der Waals surface area contributed by atoms with Gasteiger partial charge in [-0.15, -0.1) is 0 Å². The smallest absolute Gasteiger partial charge is 0.341 e. The first-order valence-corrected chi connectivity index (χ1v) is 9.35. The normalized spacial score (nSPS) is 14.2. The lowest BCUT2D eigenvalue weighted by molar-refractivity contribution is 0.0696. The van der Waals surface area contributed by atoms with Crippen molar-refractivity contribution in [2.45, 2.75) is 6.92 Å². The van der Waals surface area contributed by atoms with Crippen LogP contribution in [0.5, 0.6) is 0 Å². The van der Waals surface area contributed by atoms with E-state index < -0.39 is 5.97 Å². The monoisotopic (exact) mass is 374 g/mol. The molecular formula is C22H22N4O2. The van der Waals surface area contributed by atoms with Crippen LogP contribution in [0.15, 0.2) is 60.8 Å². The molecule has 0 atom stereocenters. The number of carbonyl (C=O) groups is 1. The summed E-state index contributed by atoms with van der Waals surface area (Å²) in [6.07, 6.45) is 1.42. The maximum Gasteiger partial charge on any atom is 0.341 e. The second-order valence-corrected chi connectivity index (χ2v) is 6.86. The van der Waals surface area contributed by atoms with E-state index in [4.69, 9.17) is 0 Å². The molecule has 1 saturated heterocycles. The molecule has 28 heavy (non-hydrogen) atoms. The first kappa shape index (κ1) is 18.0. The molecule has 142 valence electrons. The Morgan fingerprint density at radius 2 is 1.57 bits per heavy atom. The maximum atomic E-state index is 11.7. The molecule has 6 nitrogen and oxygen atoms in total. The number of piperazine rings is 1. The Kier molecular flexibility index (Phi) is 4.93. The molecule has 0 bridgehead atoms. The second kappa shape index (κ2) is 7.68. The second-order valence-electron chi connectivity index (χ2n) is 6.86. The van der Waals surface area contributed by atoms with Gasteiger partial charge in [0.25, 0.3) is 0 Å². The summed E-state index contributed by atoms with van der Waals surface area (Å²) in [6, 6.07) is 18.0. The van der Waals surface area contributed by atoms with Gasteiger partial charge in [0.2, 0.25) is 0 Å². The Morgan fingerprint density at radius 1 is 0.929 bits per heavy atom. The molecule has 2 aromatic carbocycles. The van der Waals surface area contributed by atoms with E-state index in [9.17, 15) is 9.90 Å². The predicted octanol–water partition coefficient (Wildman–Crippen LogP) is 3.48. The highest BCUT2D eigenvalue weighted by Gasteiger charge is 2.24. The lowest BCUT2D eigenvalue weighted by Crippen LogP contribution is -2.47. The molecule has 1 aromatic heterocycles. The molecule has 0 radical (unpaired) electrons. The van der Waals surface area contributed by atoms with Gasteiger partial charge in [-0.1, -0.05) is 48.5 Å². The van der Waals surface area contributed by atoms with E-state index in [2.05, 4.69) is 33.9 Å². The van der Waals surface area contributed by atoms with E-state index in [1.54, 1.807) is 0 Å². The van der Waals surface area contributed by atoms with E-state index in [0.717, 1.165) is 18.7 Å². The highest BCUT2D eigenvalue weighted by Crippen LogP contribution is 2.26. The van der Waals surface area contributed by atoms with E-state index in [0.29, 0.717) is 24.7 Å². The van der Waals surface area contributed by atoms with Gasteiger partial charge < -0.3 is 14.9 Å². The van der Waals surface area contributed by atoms with Crippen molar-refractivity contribution in [3.63, 3.8) is 0 Å². The van der Waals surface area contributed by atoms with E-state index in [1.165, 1.54) is 17.4 Å². The minimum absolute atomic E-state index is 0.143. The third-order valence-electron chi connectivity index (χ3n) is 5.07. The van der Waals surface area contributed by atoms with Crippen molar-refractivity contribution in [2.75, 3.05) is 36.0 Å². The van der Waals surface area contributed by atoms with Crippen LogP contribution in [0.25, 0.3) is 11.4 Å². The Morgan fingerprint density at radius 3 is 2.25 bits per heavy atom. The van der Waals surface area contributed by atoms with Crippen LogP contribution in [0.1, 0.15) is 15.9 Å². The van der Waals surface area contributed by atoms with Gasteiger partial charge in [-0.25, -0.2) is 14.8 Å². The Balaban J connectivity index is 1.60. The molecule has 1 aliphatic heterocycles. The van der Waals surface area contributed by atoms with Gasteiger partial charge in [0.05, 0.1) is 0 Å². The fourth-order valence-corrected chi connectivity index (χ4v) is 3.57. The number of aromatic nitrogens is 2. The van der Waals surface area contributed by atoms with Crippen LogP contribution in [0.3, 0.4) is 0 Å². The van der Waals surface area contributed by atoms with Gasteiger partial charge in [0, 0.05) is 43.6 Å². The topological polar surface area (TPSA) is 69.6 Å². The van der Waals surface area contributed by atoms with Crippen molar-refractivity contribution in [2.24, 2.45) is 0 Å². The van der Waals surface area contributed by atoms with Crippen molar-refractivity contribution in [1.29, 1.82) is 0 Å². The van der Waals surface area contributed by atoms with Crippen molar-refractivity contribution in [3.8, 4) is 11.4 Å². The zero-order chi connectivity index (χ0) is 19.5. The number of para-hydroxylation sites is 1. The molecule has 1 N–H and O–H groups in total. The summed E-state index contributed by atoms with van der Waals surface area (Å²) in [5, 5.41) is 9.61. The average Bonchev–Trinajstić information content (AvgIpc) is 2.74. The first-order valence-electron chi connectivity index (χ1n) is 9.35. The van der Waals surface area contributed by atoms with Crippen molar-refractivity contribution in [1.82, 2.24) is 9.97 Å². The highest BCUT2D eigenvalue weighted by atomic mass is 16.4. The Bertz CT molecular complexity index is 983. The van der Waals surface area contributed by atoms with Crippen LogP contribution < -0.4 is 9.80 Å². The fourth-order valence-electron chi connectivity index (χ4n) is 3.57. The van der Waals surface area contributed by atoms with E-state index in [1.807, 2.05) is 47.4 Å². The minimum atomic E-state index is -1.00. The number of hydrogen-bond acceptors (Lipinski definition) is 5. The van der Waals surface area contributed by atoms with Gasteiger partial charge in [0.1, 0.15) is 11.4 Å². The number of aromatic carboxylic acids is 1. The van der Waals surface area contributed by atoms with E-state index >= 15 is 0 Å². The number of carboxylic acid groups (broad SMARTS) is 1. The van der Waals surface area contributed by atoms with Gasteiger partial charge in [-0.05, 0) is 18.6 Å². The zero-order valence-electron chi connectivity index (χ0n) is 15.7. The number of carboxylic acids is 1. The standard InChI is InChI=1S/C22H22N4O2/c1-16-7-5-6-10-19(16)25-11-13-26(14-12-25)21-18(22(27)28)15-23-20(24-21)17-8-3-2-4-9-17/h2-10,15H,11-14H2,1H3,(H,27,28). The number of nitrogens with zero attached hydrogens (tertiary/aromatic N) is 4. The average molecular weight is 374 g/mol. The fraction of sp³-hybridized carbons (Fsp3) is 0.227. The van der Waals surface area contributed by atoms with Crippen LogP contribution in [0, 0.1) is 6.92 Å². The maximum absolute atomic E-state index is 11.7. The summed E-state index contributed by atoms with van der Waals surface area (Å²) in [5.41, 5.74) is 3.49. The number of hydrogen-bond donors (Lipinski definition) is 1. The molecule has 0 aliphatic carbocycles. The van der Waals surface area contributed by atoms with Gasteiger partial charge in [0.15, 0.2) is 5.82 Å². The van der Waals surface area contributed by atoms with E-state index in [-0.39, 0.29) is 5.56 Å². The Hall–Kier alpha value is -3.41. The number of anilines is 2. The summed E-state index contributed by atoms with van der Waals surface area (Å²) >= 11 is 0. The largest absolute Gasteiger partial charge is 0.477 e. The van der Waals surface area contributed by atoms with Crippen LogP contribution in [-0.4, -0.2) is 47.2 Å². The van der Waals surface area contributed by atoms with Gasteiger partial charge in [-0.2, -0.15) is 0 Å².